The van der Waals surface area contributed by atoms with Crippen molar-refractivity contribution in [2.75, 3.05) is 70.7 Å². The number of carbonyl (C=O) groups excluding carboxylic acids is 1. The summed E-state index contributed by atoms with van der Waals surface area (Å²) in [5, 5.41) is 29.5. The van der Waals surface area contributed by atoms with Crippen molar-refractivity contribution in [1.82, 2.24) is 13.9 Å². The van der Waals surface area contributed by atoms with Crippen LogP contribution in [0.1, 0.15) is 92.1 Å². The summed E-state index contributed by atoms with van der Waals surface area (Å²) in [5.74, 6) is 0.220. The number of benzene rings is 3. The Morgan fingerprint density at radius 2 is 1.41 bits per heavy atom. The minimum atomic E-state index is -4.06. The molecule has 2 saturated heterocycles. The number of nitrogens with two attached hydrogens (primary N) is 1. The number of fused-ring (bicyclic) bond motifs is 1. The summed E-state index contributed by atoms with van der Waals surface area (Å²) >= 11 is 0. The van der Waals surface area contributed by atoms with Crippen LogP contribution < -0.4 is 21.7 Å². The molecule has 2 aliphatic rings. The number of anilines is 2. The molecular weight excluding hydrogens is 919 g/mol. The van der Waals surface area contributed by atoms with Crippen LogP contribution in [-0.4, -0.2) is 121 Å². The highest BCUT2D eigenvalue weighted by molar-refractivity contribution is 7.89. The number of nitrogens with zero attached hydrogens (tertiary/aromatic N) is 3. The molecule has 0 saturated carbocycles. The van der Waals surface area contributed by atoms with Gasteiger partial charge in [-0.05, 0) is 104 Å². The third-order valence-electron chi connectivity index (χ3n) is 12.4. The summed E-state index contributed by atoms with van der Waals surface area (Å²) in [4.78, 5) is 13.6. The summed E-state index contributed by atoms with van der Waals surface area (Å²) in [6.45, 7) is 14.6. The van der Waals surface area contributed by atoms with E-state index < -0.39 is 49.8 Å². The molecule has 69 heavy (non-hydrogen) atoms. The van der Waals surface area contributed by atoms with E-state index in [4.69, 9.17) is 25.2 Å². The van der Waals surface area contributed by atoms with Crippen LogP contribution in [-0.2, 0) is 40.7 Å². The summed E-state index contributed by atoms with van der Waals surface area (Å²) in [5.41, 5.74) is 7.30. The average Bonchev–Trinajstić information content (AvgIpc) is 3.94. The molecule has 6 N–H and O–H groups in total. The average molecular weight is 998 g/mol. The molecule has 3 aromatic carbocycles. The van der Waals surface area contributed by atoms with E-state index in [9.17, 15) is 26.7 Å². The molecule has 16 nitrogen and oxygen atoms in total. The van der Waals surface area contributed by atoms with Crippen molar-refractivity contribution in [3.05, 3.63) is 84.4 Å². The molecule has 4 unspecified atom stereocenters. The Kier molecular flexibility index (Phi) is 22.2. The van der Waals surface area contributed by atoms with Gasteiger partial charge in [0.2, 0.25) is 20.0 Å². The summed E-state index contributed by atoms with van der Waals surface area (Å²) < 4.78 is 74.4. The van der Waals surface area contributed by atoms with Crippen LogP contribution in [0.25, 0.3) is 0 Å². The van der Waals surface area contributed by atoms with Gasteiger partial charge in [-0.15, -0.1) is 0 Å². The van der Waals surface area contributed by atoms with Crippen LogP contribution in [0.2, 0.25) is 0 Å². The van der Waals surface area contributed by atoms with Gasteiger partial charge in [-0.3, -0.25) is 0 Å². The SMILES string of the molecule is CNc1cccc(S(=O)(=O)N(CC(C)C)CC(C)(C)CCCCN)c1.CNc1cccc(S(=O)(=O)N(CC(O)[C@H](Cc2ccccc2)NC(=O)OC2COC3OCCC23)CC(C)(C)CCCC#N)c1. The van der Waals surface area contributed by atoms with Crippen molar-refractivity contribution in [1.29, 1.82) is 5.26 Å². The minimum absolute atomic E-state index is 0.0458. The lowest BCUT2D eigenvalue weighted by Crippen LogP contribution is -2.52. The normalized spacial score (nSPS) is 18.2. The number of aliphatic hydroxyl groups excluding tert-OH is 1. The second-order valence-electron chi connectivity index (χ2n) is 20.1. The molecule has 384 valence electrons. The van der Waals surface area contributed by atoms with Crippen LogP contribution in [0.15, 0.2) is 88.7 Å². The number of ether oxygens (including phenoxy) is 3. The number of unbranched alkanes of at least 4 members (excludes halogenated alkanes) is 2. The molecule has 0 aromatic heterocycles. The number of rotatable bonds is 26. The molecule has 2 aliphatic heterocycles. The van der Waals surface area contributed by atoms with Gasteiger partial charge in [0.1, 0.15) is 6.10 Å². The molecule has 18 heteroatoms. The van der Waals surface area contributed by atoms with Gasteiger partial charge in [-0.1, -0.05) is 90.4 Å². The van der Waals surface area contributed by atoms with Crippen LogP contribution in [0.3, 0.4) is 0 Å². The second-order valence-corrected chi connectivity index (χ2v) is 24.0. The van der Waals surface area contributed by atoms with E-state index in [-0.39, 0.29) is 54.6 Å². The molecule has 1 amide bonds. The highest BCUT2D eigenvalue weighted by Gasteiger charge is 2.44. The van der Waals surface area contributed by atoms with Gasteiger partial charge in [0, 0.05) is 58.1 Å². The maximum Gasteiger partial charge on any atom is 0.407 e. The summed E-state index contributed by atoms with van der Waals surface area (Å²) in [6.07, 6.45) is 2.72. The second kappa shape index (κ2) is 26.8. The molecule has 0 spiro atoms. The molecule has 0 radical (unpaired) electrons. The van der Waals surface area contributed by atoms with E-state index in [2.05, 4.69) is 35.9 Å². The highest BCUT2D eigenvalue weighted by atomic mass is 32.2. The molecule has 2 fully saturated rings. The largest absolute Gasteiger partial charge is 0.443 e. The number of amides is 1. The van der Waals surface area contributed by atoms with Crippen molar-refractivity contribution in [2.45, 2.75) is 127 Å². The first kappa shape index (κ1) is 57.3. The first-order valence-corrected chi connectivity index (χ1v) is 27.1. The fraction of sp³-hybridized carbons (Fsp3) is 0.608. The Bertz CT molecular complexity index is 2310. The van der Waals surface area contributed by atoms with Crippen molar-refractivity contribution >= 4 is 37.5 Å². The molecule has 2 heterocycles. The number of nitrogens with one attached hydrogen (secondary N) is 3. The number of sulfonamides is 2. The lowest BCUT2D eigenvalue weighted by Gasteiger charge is -2.35. The minimum Gasteiger partial charge on any atom is -0.443 e. The Morgan fingerprint density at radius 3 is 1.94 bits per heavy atom. The third kappa shape index (κ3) is 17.8. The zero-order valence-corrected chi connectivity index (χ0v) is 43.7. The highest BCUT2D eigenvalue weighted by Crippen LogP contribution is 2.34. The van der Waals surface area contributed by atoms with Crippen LogP contribution in [0.5, 0.6) is 0 Å². The van der Waals surface area contributed by atoms with Gasteiger partial charge in [0.25, 0.3) is 0 Å². The van der Waals surface area contributed by atoms with Crippen molar-refractivity contribution in [3.63, 3.8) is 0 Å². The quantitative estimate of drug-likeness (QED) is 0.0494. The van der Waals surface area contributed by atoms with Crippen LogP contribution in [0, 0.1) is 34.0 Å². The molecule has 0 bridgehead atoms. The lowest BCUT2D eigenvalue weighted by atomic mass is 9.87. The van der Waals surface area contributed by atoms with E-state index in [1.165, 1.54) is 10.4 Å². The third-order valence-corrected chi connectivity index (χ3v) is 16.1. The van der Waals surface area contributed by atoms with E-state index in [1.807, 2.05) is 64.1 Å². The monoisotopic (exact) mass is 998 g/mol. The van der Waals surface area contributed by atoms with Crippen molar-refractivity contribution in [3.8, 4) is 6.07 Å². The number of carbonyl (C=O) groups is 1. The Balaban J connectivity index is 0.000000353. The maximum atomic E-state index is 14.1. The van der Waals surface area contributed by atoms with Gasteiger partial charge in [-0.25, -0.2) is 21.6 Å². The standard InChI is InChI=1S/C32H44N4O7S.C19H35N3O2S/c1-32(2,15-7-8-16-33)22-36(44(39,40)25-13-9-12-24(19-25)34-3)20-28(37)27(18-23-10-5-4-6-11-23)35-31(38)43-29-21-42-30-26(29)14-17-41-30;1-16(2)14-22(15-19(3,4)11-6-7-12-20)25(23,24)18-10-8-9-17(13-18)21-5/h4-6,9-13,19,26-30,34,37H,7-8,14-15,17-18,20-22H2,1-3H3,(H,35,38);8-10,13,16,21H,6-7,11-12,14-15,20H2,1-5H3/t26?,27-,28?,29?,30?;/m0./s1. The number of hydrogen-bond donors (Lipinski definition) is 5. The number of alkyl carbamates (subject to hydrolysis) is 1. The topological polar surface area (TPSA) is 226 Å². The fourth-order valence-electron chi connectivity index (χ4n) is 8.69. The number of nitriles is 1. The van der Waals surface area contributed by atoms with Gasteiger partial charge < -0.3 is 41.0 Å². The first-order valence-electron chi connectivity index (χ1n) is 24.2. The van der Waals surface area contributed by atoms with E-state index in [1.54, 1.807) is 54.8 Å². The van der Waals surface area contributed by atoms with Crippen molar-refractivity contribution in [2.24, 2.45) is 28.4 Å². The number of hydrogen-bond acceptors (Lipinski definition) is 13. The van der Waals surface area contributed by atoms with E-state index >= 15 is 0 Å². The Labute approximate surface area is 412 Å². The molecule has 5 atom stereocenters. The van der Waals surface area contributed by atoms with E-state index in [0.717, 1.165) is 36.9 Å². The zero-order chi connectivity index (χ0) is 50.8. The van der Waals surface area contributed by atoms with Gasteiger partial charge >= 0.3 is 6.09 Å². The van der Waals surface area contributed by atoms with E-state index in [0.29, 0.717) is 56.1 Å². The van der Waals surface area contributed by atoms with Crippen LogP contribution in [0.4, 0.5) is 16.2 Å². The molecule has 0 aliphatic carbocycles. The van der Waals surface area contributed by atoms with Crippen molar-refractivity contribution < 1.29 is 40.9 Å². The Morgan fingerprint density at radius 1 is 0.841 bits per heavy atom. The lowest BCUT2D eigenvalue weighted by molar-refractivity contribution is -0.0907. The number of aliphatic hydroxyl groups is 1. The maximum absolute atomic E-state index is 14.1. The molecule has 3 aromatic rings. The smallest absolute Gasteiger partial charge is 0.407 e. The zero-order valence-electron chi connectivity index (χ0n) is 42.0. The van der Waals surface area contributed by atoms with Gasteiger partial charge in [-0.2, -0.15) is 13.9 Å². The predicted octanol–water partition coefficient (Wildman–Crippen LogP) is 7.43. The van der Waals surface area contributed by atoms with Crippen LogP contribution >= 0.6 is 0 Å². The fourth-order valence-corrected chi connectivity index (χ4v) is 12.2. The summed E-state index contributed by atoms with van der Waals surface area (Å²) in [6, 6.07) is 24.2. The Hall–Kier alpha value is -4.32. The molecule has 5 rings (SSSR count). The first-order chi connectivity index (χ1) is 32.6. The molecular formula is C51H79N7O9S2. The van der Waals surface area contributed by atoms with Gasteiger partial charge in [0.15, 0.2) is 6.29 Å². The predicted molar refractivity (Wildman–Crippen MR) is 271 cm³/mol. The summed E-state index contributed by atoms with van der Waals surface area (Å²) in [7, 11) is -4.09. The van der Waals surface area contributed by atoms with Gasteiger partial charge in [0.05, 0.1) is 47.1 Å².